The summed E-state index contributed by atoms with van der Waals surface area (Å²) >= 11 is 0. The first-order valence-corrected chi connectivity index (χ1v) is 5.43. The van der Waals surface area contributed by atoms with Gasteiger partial charge < -0.3 is 20.7 Å². The Morgan fingerprint density at radius 2 is 2.33 bits per heavy atom. The van der Waals surface area contributed by atoms with E-state index < -0.39 is 37.1 Å². The van der Waals surface area contributed by atoms with E-state index in [4.69, 9.17) is 15.6 Å². The second kappa shape index (κ2) is 4.97. The number of amides is 1. The lowest BCUT2D eigenvalue weighted by molar-refractivity contribution is -0.764. The maximum absolute atomic E-state index is 13.8. The van der Waals surface area contributed by atoms with Gasteiger partial charge in [-0.25, -0.2) is 4.39 Å². The van der Waals surface area contributed by atoms with Crippen LogP contribution >= 0.6 is 0 Å². The van der Waals surface area contributed by atoms with Crippen LogP contribution in [0.25, 0.3) is 0 Å². The number of nitrogens with two attached hydrogens (primary N) is 1. The number of carbonyl (C=O) groups is 1. The molecule has 0 aromatic carbocycles. The van der Waals surface area contributed by atoms with Gasteiger partial charge in [-0.05, 0) is 6.07 Å². The third-order valence-corrected chi connectivity index (χ3v) is 2.87. The molecule has 0 saturated carbocycles. The average molecular weight is 257 g/mol. The summed E-state index contributed by atoms with van der Waals surface area (Å²) in [7, 11) is 0. The minimum absolute atomic E-state index is 0.204. The molecule has 4 N–H and O–H groups in total. The fourth-order valence-corrected chi connectivity index (χ4v) is 1.89. The van der Waals surface area contributed by atoms with Crippen LogP contribution in [0.2, 0.25) is 0 Å². The molecule has 1 amide bonds. The number of nitrogens with zero attached hydrogens (tertiary/aromatic N) is 1. The summed E-state index contributed by atoms with van der Waals surface area (Å²) in [5, 5.41) is 18.4. The molecule has 1 aromatic heterocycles. The number of pyridine rings is 1. The fourth-order valence-electron chi connectivity index (χ4n) is 1.89. The van der Waals surface area contributed by atoms with E-state index in [1.807, 2.05) is 0 Å². The quantitative estimate of drug-likeness (QED) is 0.584. The Bertz CT molecular complexity index is 456. The molecular formula is C11H14FN2O4+. The van der Waals surface area contributed by atoms with Crippen molar-refractivity contribution < 1.29 is 28.7 Å². The minimum atomic E-state index is -1.68. The van der Waals surface area contributed by atoms with E-state index >= 15 is 0 Å². The number of aliphatic hydroxyl groups is 2. The maximum atomic E-state index is 13.8. The van der Waals surface area contributed by atoms with Crippen LogP contribution in [0.15, 0.2) is 24.5 Å². The Morgan fingerprint density at radius 1 is 1.61 bits per heavy atom. The van der Waals surface area contributed by atoms with E-state index in [1.54, 1.807) is 0 Å². The zero-order valence-corrected chi connectivity index (χ0v) is 9.44. The monoisotopic (exact) mass is 257 g/mol. The molecule has 1 fully saturated rings. The van der Waals surface area contributed by atoms with Gasteiger partial charge in [-0.15, -0.1) is 0 Å². The lowest BCUT2D eigenvalue weighted by atomic mass is 10.1. The summed E-state index contributed by atoms with van der Waals surface area (Å²) in [5.74, 6) is -0.642. The molecule has 0 unspecified atom stereocenters. The van der Waals surface area contributed by atoms with E-state index in [1.165, 1.54) is 29.1 Å². The Balaban J connectivity index is 2.27. The van der Waals surface area contributed by atoms with Gasteiger partial charge in [0.25, 0.3) is 12.1 Å². The third kappa shape index (κ3) is 2.20. The Hall–Kier alpha value is -1.57. The van der Waals surface area contributed by atoms with Gasteiger partial charge in [0.15, 0.2) is 12.4 Å². The molecule has 0 bridgehead atoms. The normalized spacial score (nSPS) is 31.5. The molecular weight excluding hydrogens is 243 g/mol. The first-order valence-electron chi connectivity index (χ1n) is 5.43. The predicted octanol–water partition coefficient (Wildman–Crippen LogP) is -1.34. The van der Waals surface area contributed by atoms with E-state index in [9.17, 15) is 14.3 Å². The van der Waals surface area contributed by atoms with Crippen LogP contribution in [-0.2, 0) is 4.74 Å². The first kappa shape index (κ1) is 12.9. The van der Waals surface area contributed by atoms with Crippen LogP contribution in [0, 0.1) is 0 Å². The maximum Gasteiger partial charge on any atom is 0.297 e. The molecule has 0 spiro atoms. The van der Waals surface area contributed by atoms with Gasteiger partial charge >= 0.3 is 0 Å². The highest BCUT2D eigenvalue weighted by atomic mass is 19.1. The highest BCUT2D eigenvalue weighted by Crippen LogP contribution is 2.27. The van der Waals surface area contributed by atoms with Gasteiger partial charge in [-0.1, -0.05) is 0 Å². The molecule has 4 atom stereocenters. The summed E-state index contributed by atoms with van der Waals surface area (Å²) in [4.78, 5) is 11.0. The van der Waals surface area contributed by atoms with Gasteiger partial charge in [0, 0.05) is 6.07 Å². The van der Waals surface area contributed by atoms with Crippen LogP contribution in [0.1, 0.15) is 16.6 Å². The zero-order valence-electron chi connectivity index (χ0n) is 9.44. The standard InChI is InChI=1S/C11H13FN2O4/c12-8-9(16)7(5-15)18-11(8)14-3-1-2-6(4-14)10(13)17/h1-4,7-9,11,15-16H,5H2,(H-,13,17)/p+1/t7-,8+,9-,11-/m1/s1. The smallest absolute Gasteiger partial charge is 0.297 e. The summed E-state index contributed by atoms with van der Waals surface area (Å²) in [6.07, 6.45) is -2.31. The summed E-state index contributed by atoms with van der Waals surface area (Å²) < 4.78 is 20.3. The second-order valence-corrected chi connectivity index (χ2v) is 4.09. The Kier molecular flexibility index (Phi) is 3.55. The lowest BCUT2D eigenvalue weighted by Crippen LogP contribution is -2.45. The van der Waals surface area contributed by atoms with E-state index in [0.29, 0.717) is 0 Å². The molecule has 6 nitrogen and oxygen atoms in total. The predicted molar refractivity (Wildman–Crippen MR) is 57.1 cm³/mol. The largest absolute Gasteiger partial charge is 0.394 e. The first-order chi connectivity index (χ1) is 8.54. The van der Waals surface area contributed by atoms with E-state index in [2.05, 4.69) is 0 Å². The number of ether oxygens (including phenoxy) is 1. The molecule has 18 heavy (non-hydrogen) atoms. The summed E-state index contributed by atoms with van der Waals surface area (Å²) in [6.45, 7) is -0.478. The SMILES string of the molecule is NC(=O)c1ccc[n+]([C@@H]2O[C@H](CO)[C@@H](O)[C@@H]2F)c1. The number of halogens is 1. The van der Waals surface area contributed by atoms with Crippen molar-refractivity contribution >= 4 is 5.91 Å². The van der Waals surface area contributed by atoms with Gasteiger partial charge in [-0.3, -0.25) is 4.79 Å². The molecule has 98 valence electrons. The van der Waals surface area contributed by atoms with Crippen molar-refractivity contribution in [3.8, 4) is 0 Å². The van der Waals surface area contributed by atoms with Crippen LogP contribution in [0.5, 0.6) is 0 Å². The van der Waals surface area contributed by atoms with Crippen molar-refractivity contribution in [3.05, 3.63) is 30.1 Å². The van der Waals surface area contributed by atoms with Crippen LogP contribution in [0.4, 0.5) is 4.39 Å². The van der Waals surface area contributed by atoms with Crippen molar-refractivity contribution in [1.29, 1.82) is 0 Å². The summed E-state index contributed by atoms with van der Waals surface area (Å²) in [6, 6.07) is 3.01. The average Bonchev–Trinajstić information content (AvgIpc) is 2.66. The highest BCUT2D eigenvalue weighted by Gasteiger charge is 2.49. The second-order valence-electron chi connectivity index (χ2n) is 4.09. The van der Waals surface area contributed by atoms with E-state index in [0.717, 1.165) is 0 Å². The van der Waals surface area contributed by atoms with Crippen LogP contribution in [-0.4, -0.2) is 41.1 Å². The van der Waals surface area contributed by atoms with Gasteiger partial charge in [-0.2, -0.15) is 4.57 Å². The Morgan fingerprint density at radius 3 is 2.89 bits per heavy atom. The van der Waals surface area contributed by atoms with Gasteiger partial charge in [0.05, 0.1) is 6.61 Å². The molecule has 7 heteroatoms. The minimum Gasteiger partial charge on any atom is -0.394 e. The number of aliphatic hydroxyl groups excluding tert-OH is 2. The number of primary amides is 1. The number of alkyl halides is 1. The van der Waals surface area contributed by atoms with Crippen molar-refractivity contribution in [2.45, 2.75) is 24.6 Å². The zero-order chi connectivity index (χ0) is 13.3. The molecule has 2 rings (SSSR count). The van der Waals surface area contributed by atoms with Gasteiger partial charge in [0.1, 0.15) is 17.8 Å². The van der Waals surface area contributed by atoms with E-state index in [-0.39, 0.29) is 5.56 Å². The molecule has 1 aromatic rings. The molecule has 1 aliphatic rings. The van der Waals surface area contributed by atoms with Gasteiger partial charge in [0.2, 0.25) is 6.17 Å². The van der Waals surface area contributed by atoms with Crippen molar-refractivity contribution in [2.24, 2.45) is 5.73 Å². The topological polar surface area (TPSA) is 96.7 Å². The molecule has 0 aliphatic carbocycles. The van der Waals surface area contributed by atoms with Crippen LogP contribution in [0.3, 0.4) is 0 Å². The van der Waals surface area contributed by atoms with Crippen LogP contribution < -0.4 is 10.3 Å². The fraction of sp³-hybridized carbons (Fsp3) is 0.455. The molecule has 1 saturated heterocycles. The molecule has 0 radical (unpaired) electrons. The number of rotatable bonds is 3. The molecule has 1 aliphatic heterocycles. The number of hydrogen-bond acceptors (Lipinski definition) is 4. The third-order valence-electron chi connectivity index (χ3n) is 2.87. The van der Waals surface area contributed by atoms with Crippen molar-refractivity contribution in [2.75, 3.05) is 6.61 Å². The highest BCUT2D eigenvalue weighted by molar-refractivity contribution is 5.92. The lowest BCUT2D eigenvalue weighted by Gasteiger charge is -2.08. The Labute approximate surface area is 102 Å². The number of aromatic nitrogens is 1. The number of carbonyl (C=O) groups excluding carboxylic acids is 1. The summed E-state index contributed by atoms with van der Waals surface area (Å²) in [5.41, 5.74) is 5.32. The number of hydrogen-bond donors (Lipinski definition) is 3. The van der Waals surface area contributed by atoms with Crippen molar-refractivity contribution in [3.63, 3.8) is 0 Å². The molecule has 2 heterocycles. The van der Waals surface area contributed by atoms with Crippen molar-refractivity contribution in [1.82, 2.24) is 0 Å².